The van der Waals surface area contributed by atoms with Crippen LogP contribution in [0.1, 0.15) is 22.1 Å². The van der Waals surface area contributed by atoms with E-state index in [1.165, 1.54) is 0 Å². The Bertz CT molecular complexity index is 278. The van der Waals surface area contributed by atoms with Crippen molar-refractivity contribution in [2.75, 3.05) is 7.05 Å². The third-order valence-corrected chi connectivity index (χ3v) is 1.28. The first-order valence-corrected chi connectivity index (χ1v) is 3.16. The van der Waals surface area contributed by atoms with E-state index in [0.717, 1.165) is 0 Å². The number of carbonyl (C=O) groups excluding carboxylic acids is 1. The van der Waals surface area contributed by atoms with Crippen LogP contribution in [0.4, 0.5) is 0 Å². The van der Waals surface area contributed by atoms with Crippen LogP contribution in [0.2, 0.25) is 0 Å². The van der Waals surface area contributed by atoms with Gasteiger partial charge in [0.05, 0.1) is 0 Å². The van der Waals surface area contributed by atoms with Crippen molar-refractivity contribution in [3.63, 3.8) is 0 Å². The minimum atomic E-state index is -0.249. The minimum Gasteiger partial charge on any atom is -0.445 e. The number of carbonyl (C=O) groups is 1. The Labute approximate surface area is 64.6 Å². The molecule has 0 aliphatic heterocycles. The normalized spacial score (nSPS) is 9.73. The average Bonchev–Trinajstić information content (AvgIpc) is 2.28. The second-order valence-corrected chi connectivity index (χ2v) is 2.09. The first-order chi connectivity index (χ1) is 5.15. The molecular weight excluding hydrogens is 144 g/mol. The van der Waals surface area contributed by atoms with E-state index in [-0.39, 0.29) is 11.8 Å². The summed E-state index contributed by atoms with van der Waals surface area (Å²) < 4.78 is 4.95. The summed E-state index contributed by atoms with van der Waals surface area (Å²) in [6.45, 7) is 5.13. The Morgan fingerprint density at radius 1 is 1.73 bits per heavy atom. The van der Waals surface area contributed by atoms with Gasteiger partial charge in [-0.05, 0) is 6.92 Å². The lowest BCUT2D eigenvalue weighted by Crippen LogP contribution is -2.19. The van der Waals surface area contributed by atoms with Gasteiger partial charge in [-0.2, -0.15) is 0 Å². The molecule has 0 unspecified atom stereocenters. The summed E-state index contributed by atoms with van der Waals surface area (Å²) >= 11 is 0. The van der Waals surface area contributed by atoms with Gasteiger partial charge in [-0.3, -0.25) is 4.79 Å². The van der Waals surface area contributed by atoms with Crippen LogP contribution in [-0.2, 0) is 0 Å². The predicted molar refractivity (Wildman–Crippen MR) is 39.1 cm³/mol. The lowest BCUT2D eigenvalue weighted by Gasteiger charge is -1.92. The van der Waals surface area contributed by atoms with Gasteiger partial charge < -0.3 is 9.73 Å². The summed E-state index contributed by atoms with van der Waals surface area (Å²) in [6, 6.07) is 0. The Kier molecular flexibility index (Phi) is 1.94. The zero-order valence-electron chi connectivity index (χ0n) is 6.47. The fourth-order valence-electron chi connectivity index (χ4n) is 0.780. The molecule has 0 aliphatic rings. The number of hydrogen-bond acceptors (Lipinski definition) is 3. The zero-order valence-corrected chi connectivity index (χ0v) is 6.47. The molecule has 1 aromatic rings. The molecular formula is C7H9N2O2. The van der Waals surface area contributed by atoms with Gasteiger partial charge in [-0.15, -0.1) is 0 Å². The molecule has 4 heteroatoms. The van der Waals surface area contributed by atoms with Gasteiger partial charge in [-0.25, -0.2) is 4.98 Å². The highest BCUT2D eigenvalue weighted by Crippen LogP contribution is 2.07. The van der Waals surface area contributed by atoms with Crippen LogP contribution < -0.4 is 5.32 Å². The van der Waals surface area contributed by atoms with Crippen molar-refractivity contribution < 1.29 is 9.21 Å². The quantitative estimate of drug-likeness (QED) is 0.640. The van der Waals surface area contributed by atoms with E-state index in [1.54, 1.807) is 14.0 Å². The maximum absolute atomic E-state index is 11.0. The molecule has 0 aliphatic carbocycles. The number of aryl methyl sites for hydroxylation is 1. The minimum absolute atomic E-state index is 0.249. The van der Waals surface area contributed by atoms with Crippen LogP contribution in [0.15, 0.2) is 4.42 Å². The molecule has 0 fully saturated rings. The summed E-state index contributed by atoms with van der Waals surface area (Å²) in [5, 5.41) is 2.45. The molecule has 59 valence electrons. The zero-order chi connectivity index (χ0) is 8.43. The lowest BCUT2D eigenvalue weighted by atomic mass is 10.3. The first-order valence-electron chi connectivity index (χ1n) is 3.16. The summed E-state index contributed by atoms with van der Waals surface area (Å²) in [5.41, 5.74) is 0.303. The SMILES string of the molecule is [CH2]c1nc(C(=O)NC)c(C)o1. The van der Waals surface area contributed by atoms with Crippen molar-refractivity contribution in [3.05, 3.63) is 24.3 Å². The monoisotopic (exact) mass is 153 g/mol. The molecule has 1 rings (SSSR count). The topological polar surface area (TPSA) is 55.1 Å². The van der Waals surface area contributed by atoms with Gasteiger partial charge in [0.1, 0.15) is 5.76 Å². The first kappa shape index (κ1) is 7.78. The Balaban J connectivity index is 3.03. The number of nitrogens with one attached hydrogen (secondary N) is 1. The average molecular weight is 153 g/mol. The molecule has 0 atom stereocenters. The summed E-state index contributed by atoms with van der Waals surface area (Å²) in [4.78, 5) is 14.8. The largest absolute Gasteiger partial charge is 0.445 e. The number of oxazole rings is 1. The van der Waals surface area contributed by atoms with Crippen LogP contribution in [-0.4, -0.2) is 17.9 Å². The van der Waals surface area contributed by atoms with Crippen LogP contribution in [0.5, 0.6) is 0 Å². The molecule has 4 nitrogen and oxygen atoms in total. The summed E-state index contributed by atoms with van der Waals surface area (Å²) in [5.74, 6) is 0.511. The third-order valence-electron chi connectivity index (χ3n) is 1.28. The van der Waals surface area contributed by atoms with Crippen LogP contribution >= 0.6 is 0 Å². The maximum atomic E-state index is 11.0. The van der Waals surface area contributed by atoms with Gasteiger partial charge >= 0.3 is 0 Å². The number of aromatic nitrogens is 1. The molecule has 1 aromatic heterocycles. The van der Waals surface area contributed by atoms with Gasteiger partial charge in [-0.1, -0.05) is 0 Å². The van der Waals surface area contributed by atoms with Crippen molar-refractivity contribution in [3.8, 4) is 0 Å². The van der Waals surface area contributed by atoms with Crippen LogP contribution in [0, 0.1) is 13.8 Å². The Morgan fingerprint density at radius 2 is 2.36 bits per heavy atom. The molecule has 0 spiro atoms. The van der Waals surface area contributed by atoms with Crippen molar-refractivity contribution in [2.45, 2.75) is 6.92 Å². The summed E-state index contributed by atoms with van der Waals surface area (Å²) in [7, 11) is 1.54. The Morgan fingerprint density at radius 3 is 2.73 bits per heavy atom. The third kappa shape index (κ3) is 1.39. The fourth-order valence-corrected chi connectivity index (χ4v) is 0.780. The van der Waals surface area contributed by atoms with Crippen LogP contribution in [0.25, 0.3) is 0 Å². The summed E-state index contributed by atoms with van der Waals surface area (Å²) in [6.07, 6.45) is 0. The molecule has 0 bridgehead atoms. The van der Waals surface area contributed by atoms with E-state index in [4.69, 9.17) is 4.42 Å². The molecule has 0 saturated carbocycles. The highest BCUT2D eigenvalue weighted by atomic mass is 16.4. The number of rotatable bonds is 1. The van der Waals surface area contributed by atoms with Gasteiger partial charge in [0.15, 0.2) is 11.6 Å². The van der Waals surface area contributed by atoms with E-state index in [2.05, 4.69) is 17.2 Å². The number of hydrogen-bond donors (Lipinski definition) is 1. The van der Waals surface area contributed by atoms with E-state index in [0.29, 0.717) is 11.5 Å². The molecule has 0 saturated heterocycles. The van der Waals surface area contributed by atoms with Gasteiger partial charge in [0, 0.05) is 14.0 Å². The molecule has 1 amide bonds. The molecule has 1 N–H and O–H groups in total. The van der Waals surface area contributed by atoms with Gasteiger partial charge in [0.25, 0.3) is 5.91 Å². The molecule has 1 radical (unpaired) electrons. The van der Waals surface area contributed by atoms with E-state index >= 15 is 0 Å². The Hall–Kier alpha value is -1.32. The highest BCUT2D eigenvalue weighted by molar-refractivity contribution is 5.92. The van der Waals surface area contributed by atoms with Gasteiger partial charge in [0.2, 0.25) is 0 Å². The lowest BCUT2D eigenvalue weighted by molar-refractivity contribution is 0.0957. The van der Waals surface area contributed by atoms with Crippen molar-refractivity contribution in [2.24, 2.45) is 0 Å². The molecule has 1 heterocycles. The van der Waals surface area contributed by atoms with Crippen LogP contribution in [0.3, 0.4) is 0 Å². The number of nitrogens with zero attached hydrogens (tertiary/aromatic N) is 1. The van der Waals surface area contributed by atoms with Crippen molar-refractivity contribution in [1.29, 1.82) is 0 Å². The van der Waals surface area contributed by atoms with E-state index in [1.807, 2.05) is 0 Å². The van der Waals surface area contributed by atoms with Crippen molar-refractivity contribution in [1.82, 2.24) is 10.3 Å². The molecule has 0 aromatic carbocycles. The standard InChI is InChI=1S/C7H9N2O2/c1-4-6(7(10)8-3)9-5(2)11-4/h2H2,1,3H3,(H,8,10). The molecule has 11 heavy (non-hydrogen) atoms. The second-order valence-electron chi connectivity index (χ2n) is 2.09. The number of amides is 1. The fraction of sp³-hybridized carbons (Fsp3) is 0.286. The predicted octanol–water partition coefficient (Wildman–Crippen LogP) is 0.525. The van der Waals surface area contributed by atoms with Crippen molar-refractivity contribution >= 4 is 5.91 Å². The highest BCUT2D eigenvalue weighted by Gasteiger charge is 2.12. The maximum Gasteiger partial charge on any atom is 0.273 e. The second kappa shape index (κ2) is 2.74. The van der Waals surface area contributed by atoms with E-state index in [9.17, 15) is 4.79 Å². The van der Waals surface area contributed by atoms with E-state index < -0.39 is 0 Å². The smallest absolute Gasteiger partial charge is 0.273 e.